The van der Waals surface area contributed by atoms with Crippen LogP contribution in [0.15, 0.2) is 48.5 Å². The van der Waals surface area contributed by atoms with Gasteiger partial charge in [0.25, 0.3) is 0 Å². The minimum Gasteiger partial charge on any atom is -0.494 e. The molecule has 1 fully saturated rings. The van der Waals surface area contributed by atoms with E-state index >= 15 is 0 Å². The summed E-state index contributed by atoms with van der Waals surface area (Å²) in [4.78, 5) is 12.6. The van der Waals surface area contributed by atoms with E-state index in [9.17, 15) is 4.79 Å². The largest absolute Gasteiger partial charge is 0.494 e. The SMILES string of the molecule is CCCCCC1CCC(c2ccc(OC(=O)c3ccc(OCCCCC[C@@H](C)CC)cc3)cc2)CC1. The monoisotopic (exact) mass is 492 g/mol. The van der Waals surface area contributed by atoms with Crippen molar-refractivity contribution in [2.75, 3.05) is 6.61 Å². The predicted molar refractivity (Wildman–Crippen MR) is 150 cm³/mol. The van der Waals surface area contributed by atoms with Gasteiger partial charge in [-0.1, -0.05) is 84.3 Å². The number of carbonyl (C=O) groups is 1. The van der Waals surface area contributed by atoms with Gasteiger partial charge in [0, 0.05) is 0 Å². The molecule has 0 radical (unpaired) electrons. The van der Waals surface area contributed by atoms with Crippen LogP contribution in [0.3, 0.4) is 0 Å². The van der Waals surface area contributed by atoms with E-state index < -0.39 is 0 Å². The number of unbranched alkanes of at least 4 members (excludes halogenated alkanes) is 4. The molecule has 2 aromatic rings. The first kappa shape index (κ1) is 28.3. The van der Waals surface area contributed by atoms with Crippen molar-refractivity contribution in [1.82, 2.24) is 0 Å². The van der Waals surface area contributed by atoms with Gasteiger partial charge in [-0.25, -0.2) is 4.79 Å². The topological polar surface area (TPSA) is 35.5 Å². The van der Waals surface area contributed by atoms with Crippen molar-refractivity contribution in [3.63, 3.8) is 0 Å². The molecular formula is C33H48O3. The Morgan fingerprint density at radius 3 is 2.19 bits per heavy atom. The molecule has 3 rings (SSSR count). The van der Waals surface area contributed by atoms with E-state index in [-0.39, 0.29) is 5.97 Å². The minimum absolute atomic E-state index is 0.327. The lowest BCUT2D eigenvalue weighted by atomic mass is 9.77. The molecule has 3 nitrogen and oxygen atoms in total. The number of hydrogen-bond acceptors (Lipinski definition) is 3. The van der Waals surface area contributed by atoms with Crippen molar-refractivity contribution in [2.24, 2.45) is 11.8 Å². The van der Waals surface area contributed by atoms with Gasteiger partial charge in [0.1, 0.15) is 11.5 Å². The van der Waals surface area contributed by atoms with Crippen LogP contribution in [0.4, 0.5) is 0 Å². The van der Waals surface area contributed by atoms with E-state index in [2.05, 4.69) is 32.9 Å². The molecule has 0 aromatic heterocycles. The van der Waals surface area contributed by atoms with Crippen molar-refractivity contribution < 1.29 is 14.3 Å². The highest BCUT2D eigenvalue weighted by molar-refractivity contribution is 5.91. The van der Waals surface area contributed by atoms with E-state index in [1.807, 2.05) is 24.3 Å². The Morgan fingerprint density at radius 2 is 1.53 bits per heavy atom. The van der Waals surface area contributed by atoms with Crippen molar-refractivity contribution in [1.29, 1.82) is 0 Å². The van der Waals surface area contributed by atoms with Crippen LogP contribution < -0.4 is 9.47 Å². The molecule has 0 aliphatic heterocycles. The second kappa shape index (κ2) is 15.7. The quantitative estimate of drug-likeness (QED) is 0.141. The van der Waals surface area contributed by atoms with Crippen LogP contribution in [0, 0.1) is 11.8 Å². The summed E-state index contributed by atoms with van der Waals surface area (Å²) in [5.74, 6) is 3.47. The standard InChI is InChI=1S/C33H48O3/c1-4-6-8-12-27-13-15-28(16-14-27)29-17-23-32(24-18-29)36-33(34)30-19-21-31(22-20-30)35-25-10-7-9-11-26(3)5-2/h17-24,26-28H,4-16,25H2,1-3H3/t26-,27?,28?/m0/s1. The molecule has 198 valence electrons. The Hall–Kier alpha value is -2.29. The fraction of sp³-hybridized carbons (Fsp3) is 0.606. The van der Waals surface area contributed by atoms with Crippen LogP contribution in [0.1, 0.15) is 126 Å². The summed E-state index contributed by atoms with van der Waals surface area (Å²) in [6.07, 6.45) is 16.8. The molecule has 1 aliphatic rings. The lowest BCUT2D eigenvalue weighted by Crippen LogP contribution is -2.13. The molecule has 0 saturated heterocycles. The number of carbonyl (C=O) groups excluding carboxylic acids is 1. The van der Waals surface area contributed by atoms with Gasteiger partial charge in [-0.15, -0.1) is 0 Å². The number of hydrogen-bond donors (Lipinski definition) is 0. The zero-order valence-electron chi connectivity index (χ0n) is 23.0. The summed E-state index contributed by atoms with van der Waals surface area (Å²) in [5, 5.41) is 0. The molecule has 0 heterocycles. The first-order valence-corrected chi connectivity index (χ1v) is 14.6. The summed E-state index contributed by atoms with van der Waals surface area (Å²) < 4.78 is 11.5. The highest BCUT2D eigenvalue weighted by Crippen LogP contribution is 2.38. The fourth-order valence-electron chi connectivity index (χ4n) is 5.29. The molecular weight excluding hydrogens is 444 g/mol. The van der Waals surface area contributed by atoms with E-state index in [1.165, 1.54) is 82.6 Å². The maximum Gasteiger partial charge on any atom is 0.343 e. The maximum absolute atomic E-state index is 12.6. The molecule has 3 heteroatoms. The van der Waals surface area contributed by atoms with Crippen molar-refractivity contribution in [3.05, 3.63) is 59.7 Å². The molecule has 0 amide bonds. The van der Waals surface area contributed by atoms with Crippen LogP contribution in [-0.4, -0.2) is 12.6 Å². The molecule has 0 bridgehead atoms. The number of rotatable bonds is 15. The summed E-state index contributed by atoms with van der Waals surface area (Å²) in [6, 6.07) is 15.5. The minimum atomic E-state index is -0.327. The molecule has 0 N–H and O–H groups in total. The number of esters is 1. The van der Waals surface area contributed by atoms with Crippen LogP contribution in [0.5, 0.6) is 11.5 Å². The smallest absolute Gasteiger partial charge is 0.343 e. The molecule has 0 spiro atoms. The van der Waals surface area contributed by atoms with E-state index in [1.54, 1.807) is 12.1 Å². The summed E-state index contributed by atoms with van der Waals surface area (Å²) in [6.45, 7) is 7.57. The molecule has 2 aromatic carbocycles. The van der Waals surface area contributed by atoms with Crippen molar-refractivity contribution in [3.8, 4) is 11.5 Å². The fourth-order valence-corrected chi connectivity index (χ4v) is 5.29. The van der Waals surface area contributed by atoms with Crippen LogP contribution in [-0.2, 0) is 0 Å². The lowest BCUT2D eigenvalue weighted by molar-refractivity contribution is 0.0734. The third-order valence-electron chi connectivity index (χ3n) is 8.02. The highest BCUT2D eigenvalue weighted by Gasteiger charge is 2.22. The van der Waals surface area contributed by atoms with Crippen LogP contribution in [0.2, 0.25) is 0 Å². The molecule has 0 unspecified atom stereocenters. The number of ether oxygens (including phenoxy) is 2. The molecule has 36 heavy (non-hydrogen) atoms. The molecule has 1 saturated carbocycles. The Bertz CT molecular complexity index is 863. The zero-order valence-corrected chi connectivity index (χ0v) is 23.0. The van der Waals surface area contributed by atoms with Gasteiger partial charge >= 0.3 is 5.97 Å². The van der Waals surface area contributed by atoms with Crippen LogP contribution in [0.25, 0.3) is 0 Å². The lowest BCUT2D eigenvalue weighted by Gasteiger charge is -2.29. The first-order chi connectivity index (χ1) is 17.6. The van der Waals surface area contributed by atoms with Gasteiger partial charge < -0.3 is 9.47 Å². The number of benzene rings is 2. The Kier molecular flexibility index (Phi) is 12.4. The van der Waals surface area contributed by atoms with Gasteiger partial charge in [0.05, 0.1) is 12.2 Å². The van der Waals surface area contributed by atoms with E-state index in [0.717, 1.165) is 30.6 Å². The third-order valence-corrected chi connectivity index (χ3v) is 8.02. The molecule has 1 aliphatic carbocycles. The molecule has 1 atom stereocenters. The van der Waals surface area contributed by atoms with Gasteiger partial charge in [0.2, 0.25) is 0 Å². The second-order valence-corrected chi connectivity index (χ2v) is 10.9. The van der Waals surface area contributed by atoms with Gasteiger partial charge in [-0.05, 0) is 91.8 Å². The van der Waals surface area contributed by atoms with E-state index in [0.29, 0.717) is 17.2 Å². The van der Waals surface area contributed by atoms with Crippen LogP contribution >= 0.6 is 0 Å². The average molecular weight is 493 g/mol. The van der Waals surface area contributed by atoms with Gasteiger partial charge in [0.15, 0.2) is 0 Å². The van der Waals surface area contributed by atoms with Gasteiger partial charge in [-0.3, -0.25) is 0 Å². The average Bonchev–Trinajstić information content (AvgIpc) is 2.92. The predicted octanol–water partition coefficient (Wildman–Crippen LogP) is 9.75. The summed E-state index contributed by atoms with van der Waals surface area (Å²) in [5.41, 5.74) is 1.92. The Morgan fingerprint density at radius 1 is 0.833 bits per heavy atom. The Labute approximate surface area is 220 Å². The summed E-state index contributed by atoms with van der Waals surface area (Å²) in [7, 11) is 0. The van der Waals surface area contributed by atoms with E-state index in [4.69, 9.17) is 9.47 Å². The summed E-state index contributed by atoms with van der Waals surface area (Å²) >= 11 is 0. The maximum atomic E-state index is 12.6. The third kappa shape index (κ3) is 9.64. The normalized spacial score (nSPS) is 18.5. The van der Waals surface area contributed by atoms with Crippen molar-refractivity contribution >= 4 is 5.97 Å². The van der Waals surface area contributed by atoms with Crippen molar-refractivity contribution in [2.45, 2.75) is 110 Å². The highest BCUT2D eigenvalue weighted by atomic mass is 16.5. The first-order valence-electron chi connectivity index (χ1n) is 14.6. The second-order valence-electron chi connectivity index (χ2n) is 10.9. The Balaban J connectivity index is 1.37. The zero-order chi connectivity index (χ0) is 25.6. The van der Waals surface area contributed by atoms with Gasteiger partial charge in [-0.2, -0.15) is 0 Å².